The van der Waals surface area contributed by atoms with Gasteiger partial charge in [-0.05, 0) is 63.8 Å². The molecule has 2 heteroatoms. The molecule has 108 valence electrons. The summed E-state index contributed by atoms with van der Waals surface area (Å²) in [5.41, 5.74) is 0. The SMILES string of the molecule is CCCN(CC1CC(C(C)C)CCC1O)C(C)C. The van der Waals surface area contributed by atoms with E-state index in [4.69, 9.17) is 0 Å². The molecule has 0 spiro atoms. The average molecular weight is 255 g/mol. The number of hydrogen-bond acceptors (Lipinski definition) is 2. The number of aliphatic hydroxyl groups excluding tert-OH is 1. The summed E-state index contributed by atoms with van der Waals surface area (Å²) in [5.74, 6) is 2.06. The summed E-state index contributed by atoms with van der Waals surface area (Å²) in [7, 11) is 0. The van der Waals surface area contributed by atoms with Crippen LogP contribution in [0.2, 0.25) is 0 Å². The molecule has 1 fully saturated rings. The minimum absolute atomic E-state index is 0.0712. The molecule has 0 aromatic carbocycles. The topological polar surface area (TPSA) is 23.5 Å². The van der Waals surface area contributed by atoms with Crippen LogP contribution in [0.1, 0.15) is 60.3 Å². The molecule has 0 heterocycles. The van der Waals surface area contributed by atoms with E-state index in [9.17, 15) is 5.11 Å². The monoisotopic (exact) mass is 255 g/mol. The molecule has 0 saturated heterocycles. The van der Waals surface area contributed by atoms with Gasteiger partial charge in [-0.15, -0.1) is 0 Å². The highest BCUT2D eigenvalue weighted by Gasteiger charge is 2.31. The largest absolute Gasteiger partial charge is 0.393 e. The third-order valence-corrected chi connectivity index (χ3v) is 4.64. The van der Waals surface area contributed by atoms with Gasteiger partial charge in [0.1, 0.15) is 0 Å². The molecule has 1 rings (SSSR count). The summed E-state index contributed by atoms with van der Waals surface area (Å²) < 4.78 is 0. The van der Waals surface area contributed by atoms with Crippen LogP contribution in [0.3, 0.4) is 0 Å². The molecule has 1 saturated carbocycles. The maximum absolute atomic E-state index is 10.2. The van der Waals surface area contributed by atoms with Gasteiger partial charge < -0.3 is 10.0 Å². The Bertz CT molecular complexity index is 227. The lowest BCUT2D eigenvalue weighted by molar-refractivity contribution is 0.0133. The Morgan fingerprint density at radius 3 is 2.33 bits per heavy atom. The molecule has 2 nitrogen and oxygen atoms in total. The van der Waals surface area contributed by atoms with Crippen LogP contribution in [-0.2, 0) is 0 Å². The molecule has 0 aromatic rings. The smallest absolute Gasteiger partial charge is 0.0580 e. The molecule has 3 atom stereocenters. The highest BCUT2D eigenvalue weighted by Crippen LogP contribution is 2.34. The predicted molar refractivity (Wildman–Crippen MR) is 78.7 cm³/mol. The Balaban J connectivity index is 2.56. The van der Waals surface area contributed by atoms with Crippen molar-refractivity contribution >= 4 is 0 Å². The summed E-state index contributed by atoms with van der Waals surface area (Å²) in [4.78, 5) is 2.54. The Labute approximate surface area is 114 Å². The molecule has 0 amide bonds. The second-order valence-electron chi connectivity index (χ2n) is 6.73. The highest BCUT2D eigenvalue weighted by molar-refractivity contribution is 4.83. The zero-order valence-corrected chi connectivity index (χ0v) is 13.0. The van der Waals surface area contributed by atoms with Gasteiger partial charge in [0.2, 0.25) is 0 Å². The van der Waals surface area contributed by atoms with Crippen molar-refractivity contribution in [3.05, 3.63) is 0 Å². The fourth-order valence-electron chi connectivity index (χ4n) is 3.23. The molecule has 1 aliphatic carbocycles. The van der Waals surface area contributed by atoms with E-state index in [1.54, 1.807) is 0 Å². The van der Waals surface area contributed by atoms with Crippen molar-refractivity contribution in [2.24, 2.45) is 17.8 Å². The van der Waals surface area contributed by atoms with Gasteiger partial charge in [-0.3, -0.25) is 0 Å². The Kier molecular flexibility index (Phi) is 6.65. The van der Waals surface area contributed by atoms with E-state index >= 15 is 0 Å². The fraction of sp³-hybridized carbons (Fsp3) is 1.00. The first-order valence-corrected chi connectivity index (χ1v) is 7.87. The van der Waals surface area contributed by atoms with Crippen molar-refractivity contribution in [1.82, 2.24) is 4.90 Å². The first kappa shape index (κ1) is 16.0. The normalized spacial score (nSPS) is 29.5. The lowest BCUT2D eigenvalue weighted by Crippen LogP contribution is -2.42. The second-order valence-corrected chi connectivity index (χ2v) is 6.73. The molecule has 0 aromatic heterocycles. The van der Waals surface area contributed by atoms with Crippen molar-refractivity contribution in [2.45, 2.75) is 72.4 Å². The number of nitrogens with zero attached hydrogens (tertiary/aromatic N) is 1. The molecule has 0 aliphatic heterocycles. The van der Waals surface area contributed by atoms with Gasteiger partial charge in [-0.2, -0.15) is 0 Å². The zero-order valence-electron chi connectivity index (χ0n) is 13.0. The summed E-state index contributed by atoms with van der Waals surface area (Å²) in [5, 5.41) is 10.2. The van der Waals surface area contributed by atoms with Crippen LogP contribution in [0, 0.1) is 17.8 Å². The third-order valence-electron chi connectivity index (χ3n) is 4.64. The van der Waals surface area contributed by atoms with E-state index in [1.807, 2.05) is 0 Å². The summed E-state index contributed by atoms with van der Waals surface area (Å²) in [6, 6.07) is 0.594. The average Bonchev–Trinajstić information content (AvgIpc) is 2.30. The van der Waals surface area contributed by atoms with E-state index in [-0.39, 0.29) is 6.10 Å². The van der Waals surface area contributed by atoms with Gasteiger partial charge in [-0.25, -0.2) is 0 Å². The number of hydrogen-bond donors (Lipinski definition) is 1. The molecule has 3 unspecified atom stereocenters. The van der Waals surface area contributed by atoms with E-state index in [0.717, 1.165) is 31.3 Å². The quantitative estimate of drug-likeness (QED) is 0.784. The standard InChI is InChI=1S/C16H33NO/c1-6-9-17(13(4)5)11-15-10-14(12(2)3)7-8-16(15)18/h12-16,18H,6-11H2,1-5H3. The van der Waals surface area contributed by atoms with Crippen molar-refractivity contribution in [1.29, 1.82) is 0 Å². The summed E-state index contributed by atoms with van der Waals surface area (Å²) in [6.45, 7) is 13.7. The number of rotatable bonds is 6. The molecular formula is C16H33NO. The Morgan fingerprint density at radius 2 is 1.83 bits per heavy atom. The summed E-state index contributed by atoms with van der Waals surface area (Å²) >= 11 is 0. The third kappa shape index (κ3) is 4.55. The van der Waals surface area contributed by atoms with Crippen molar-refractivity contribution in [2.75, 3.05) is 13.1 Å². The maximum atomic E-state index is 10.2. The summed E-state index contributed by atoms with van der Waals surface area (Å²) in [6.07, 6.45) is 4.56. The fourth-order valence-corrected chi connectivity index (χ4v) is 3.23. The first-order chi connectivity index (χ1) is 8.45. The van der Waals surface area contributed by atoms with Crippen LogP contribution in [-0.4, -0.2) is 35.2 Å². The van der Waals surface area contributed by atoms with Gasteiger partial charge >= 0.3 is 0 Å². The zero-order chi connectivity index (χ0) is 13.7. The van der Waals surface area contributed by atoms with Crippen LogP contribution in [0.5, 0.6) is 0 Å². The second kappa shape index (κ2) is 7.49. The van der Waals surface area contributed by atoms with E-state index in [2.05, 4.69) is 39.5 Å². The van der Waals surface area contributed by atoms with Gasteiger partial charge in [-0.1, -0.05) is 20.8 Å². The van der Waals surface area contributed by atoms with Crippen LogP contribution in [0.15, 0.2) is 0 Å². The lowest BCUT2D eigenvalue weighted by atomic mass is 9.74. The van der Waals surface area contributed by atoms with Crippen molar-refractivity contribution < 1.29 is 5.11 Å². The van der Waals surface area contributed by atoms with Crippen LogP contribution >= 0.6 is 0 Å². The molecule has 1 N–H and O–H groups in total. The molecule has 0 radical (unpaired) electrons. The van der Waals surface area contributed by atoms with Crippen LogP contribution in [0.4, 0.5) is 0 Å². The van der Waals surface area contributed by atoms with Crippen LogP contribution < -0.4 is 0 Å². The van der Waals surface area contributed by atoms with Crippen molar-refractivity contribution in [3.8, 4) is 0 Å². The van der Waals surface area contributed by atoms with E-state index in [0.29, 0.717) is 12.0 Å². The maximum Gasteiger partial charge on any atom is 0.0580 e. The van der Waals surface area contributed by atoms with Gasteiger partial charge in [0.05, 0.1) is 6.10 Å². The Morgan fingerprint density at radius 1 is 1.17 bits per heavy atom. The predicted octanol–water partition coefficient (Wildman–Crippen LogP) is 3.54. The highest BCUT2D eigenvalue weighted by atomic mass is 16.3. The molecular weight excluding hydrogens is 222 g/mol. The van der Waals surface area contributed by atoms with E-state index in [1.165, 1.54) is 19.3 Å². The van der Waals surface area contributed by atoms with Gasteiger partial charge in [0.25, 0.3) is 0 Å². The van der Waals surface area contributed by atoms with Crippen LogP contribution in [0.25, 0.3) is 0 Å². The first-order valence-electron chi connectivity index (χ1n) is 7.87. The van der Waals surface area contributed by atoms with Gasteiger partial charge in [0.15, 0.2) is 0 Å². The van der Waals surface area contributed by atoms with E-state index < -0.39 is 0 Å². The molecule has 1 aliphatic rings. The van der Waals surface area contributed by atoms with Crippen molar-refractivity contribution in [3.63, 3.8) is 0 Å². The minimum Gasteiger partial charge on any atom is -0.393 e. The molecule has 0 bridgehead atoms. The minimum atomic E-state index is -0.0712. The molecule has 18 heavy (non-hydrogen) atoms. The lowest BCUT2D eigenvalue weighted by Gasteiger charge is -2.39. The van der Waals surface area contributed by atoms with Gasteiger partial charge in [0, 0.05) is 12.6 Å². The number of aliphatic hydroxyl groups is 1. The Hall–Kier alpha value is -0.0800.